The average molecular weight is 169 g/mol. The van der Waals surface area contributed by atoms with Crippen molar-refractivity contribution in [3.8, 4) is 0 Å². The minimum absolute atomic E-state index is 0.959. The Labute approximate surface area is 74.7 Å². The zero-order valence-electron chi connectivity index (χ0n) is 6.88. The van der Waals surface area contributed by atoms with Gasteiger partial charge in [0, 0.05) is 24.0 Å². The van der Waals surface area contributed by atoms with E-state index in [1.165, 1.54) is 0 Å². The molecule has 0 aliphatic rings. The number of pyridine rings is 1. The summed E-state index contributed by atoms with van der Waals surface area (Å²) >= 11 is 0. The molecule has 3 nitrogen and oxygen atoms in total. The van der Waals surface area contributed by atoms with E-state index in [4.69, 9.17) is 0 Å². The molecule has 3 heterocycles. The van der Waals surface area contributed by atoms with Gasteiger partial charge in [0.25, 0.3) is 0 Å². The van der Waals surface area contributed by atoms with Crippen LogP contribution in [0, 0.1) is 0 Å². The third kappa shape index (κ3) is 0.839. The van der Waals surface area contributed by atoms with E-state index in [0.717, 1.165) is 16.6 Å². The first-order chi connectivity index (χ1) is 6.45. The van der Waals surface area contributed by atoms with Crippen LogP contribution in [0.3, 0.4) is 0 Å². The number of nitrogens with zero attached hydrogens (tertiary/aromatic N) is 3. The molecule has 0 saturated carbocycles. The van der Waals surface area contributed by atoms with Gasteiger partial charge in [0.15, 0.2) is 0 Å². The molecule has 0 aliphatic heterocycles. The molecule has 13 heavy (non-hydrogen) atoms. The molecule has 0 fully saturated rings. The van der Waals surface area contributed by atoms with E-state index in [1.807, 2.05) is 41.2 Å². The lowest BCUT2D eigenvalue weighted by atomic mass is 10.3. The Morgan fingerprint density at radius 1 is 1.15 bits per heavy atom. The fourth-order valence-corrected chi connectivity index (χ4v) is 1.52. The van der Waals surface area contributed by atoms with Gasteiger partial charge in [0.1, 0.15) is 5.65 Å². The molecule has 0 spiro atoms. The van der Waals surface area contributed by atoms with Crippen molar-refractivity contribution in [2.75, 3.05) is 0 Å². The Balaban J connectivity index is 2.65. The van der Waals surface area contributed by atoms with Gasteiger partial charge in [-0.05, 0) is 18.2 Å². The third-order valence-corrected chi connectivity index (χ3v) is 2.16. The van der Waals surface area contributed by atoms with E-state index < -0.39 is 0 Å². The lowest BCUT2D eigenvalue weighted by molar-refractivity contribution is 1.18. The lowest BCUT2D eigenvalue weighted by Crippen LogP contribution is -1.89. The summed E-state index contributed by atoms with van der Waals surface area (Å²) in [5.41, 5.74) is 2.05. The van der Waals surface area contributed by atoms with Gasteiger partial charge in [0.2, 0.25) is 0 Å². The molecule has 0 aliphatic carbocycles. The summed E-state index contributed by atoms with van der Waals surface area (Å²) < 4.78 is 2.03. The van der Waals surface area contributed by atoms with Crippen LogP contribution in [0.5, 0.6) is 0 Å². The molecule has 3 heteroatoms. The van der Waals surface area contributed by atoms with Gasteiger partial charge in [-0.15, -0.1) is 0 Å². The van der Waals surface area contributed by atoms with Crippen LogP contribution in [0.15, 0.2) is 43.0 Å². The van der Waals surface area contributed by atoms with Crippen LogP contribution in [0.4, 0.5) is 0 Å². The number of hydrogen-bond donors (Lipinski definition) is 0. The van der Waals surface area contributed by atoms with Crippen molar-refractivity contribution < 1.29 is 0 Å². The predicted octanol–water partition coefficient (Wildman–Crippen LogP) is 1.88. The highest BCUT2D eigenvalue weighted by Gasteiger charge is 1.98. The minimum atomic E-state index is 0.959. The molecule has 0 saturated heterocycles. The quantitative estimate of drug-likeness (QED) is 0.514. The zero-order chi connectivity index (χ0) is 8.67. The molecule has 3 aromatic rings. The monoisotopic (exact) mass is 169 g/mol. The van der Waals surface area contributed by atoms with Crippen LogP contribution in [0.2, 0.25) is 0 Å². The van der Waals surface area contributed by atoms with Crippen LogP contribution in [-0.4, -0.2) is 14.4 Å². The fourth-order valence-electron chi connectivity index (χ4n) is 1.52. The van der Waals surface area contributed by atoms with Crippen molar-refractivity contribution >= 4 is 16.6 Å². The van der Waals surface area contributed by atoms with E-state index in [0.29, 0.717) is 0 Å². The van der Waals surface area contributed by atoms with Gasteiger partial charge >= 0.3 is 0 Å². The van der Waals surface area contributed by atoms with Gasteiger partial charge < -0.3 is 0 Å². The zero-order valence-corrected chi connectivity index (χ0v) is 6.88. The molecule has 0 N–H and O–H groups in total. The fraction of sp³-hybridized carbons (Fsp3) is 0. The number of fused-ring (bicyclic) bond motifs is 3. The highest BCUT2D eigenvalue weighted by molar-refractivity contribution is 5.79. The second-order valence-corrected chi connectivity index (χ2v) is 2.93. The standard InChI is InChI=1S/C10H7N3/c1-2-10-12-6-8-3-4-11-7-9(8)13(10)5-1/h1-7H. The largest absolute Gasteiger partial charge is 0.300 e. The maximum absolute atomic E-state index is 4.30. The van der Waals surface area contributed by atoms with Gasteiger partial charge in [-0.2, -0.15) is 0 Å². The molecule has 0 radical (unpaired) electrons. The average Bonchev–Trinajstić information content (AvgIpc) is 2.65. The van der Waals surface area contributed by atoms with Crippen molar-refractivity contribution in [2.24, 2.45) is 0 Å². The van der Waals surface area contributed by atoms with Crippen molar-refractivity contribution in [1.82, 2.24) is 14.4 Å². The van der Waals surface area contributed by atoms with Crippen molar-refractivity contribution in [2.45, 2.75) is 0 Å². The Morgan fingerprint density at radius 3 is 3.15 bits per heavy atom. The number of hydrogen-bond acceptors (Lipinski definition) is 2. The van der Waals surface area contributed by atoms with Crippen LogP contribution in [0.1, 0.15) is 0 Å². The summed E-state index contributed by atoms with van der Waals surface area (Å²) in [4.78, 5) is 8.40. The highest BCUT2D eigenvalue weighted by atomic mass is 15.0. The lowest BCUT2D eigenvalue weighted by Gasteiger charge is -1.99. The molecule has 0 unspecified atom stereocenters. The molecule has 62 valence electrons. The first-order valence-electron chi connectivity index (χ1n) is 4.11. The molecular weight excluding hydrogens is 162 g/mol. The summed E-state index contributed by atoms with van der Waals surface area (Å²) in [6.45, 7) is 0. The summed E-state index contributed by atoms with van der Waals surface area (Å²) in [7, 11) is 0. The summed E-state index contributed by atoms with van der Waals surface area (Å²) in [5, 5.41) is 1.11. The molecule has 0 amide bonds. The van der Waals surface area contributed by atoms with Crippen LogP contribution < -0.4 is 0 Å². The van der Waals surface area contributed by atoms with Gasteiger partial charge in [0.05, 0.1) is 11.7 Å². The van der Waals surface area contributed by atoms with Gasteiger partial charge in [-0.1, -0.05) is 0 Å². The Kier molecular flexibility index (Phi) is 1.16. The topological polar surface area (TPSA) is 30.2 Å². The Morgan fingerprint density at radius 2 is 2.15 bits per heavy atom. The number of aromatic nitrogens is 3. The predicted molar refractivity (Wildman–Crippen MR) is 50.5 cm³/mol. The van der Waals surface area contributed by atoms with E-state index in [2.05, 4.69) is 9.97 Å². The number of rotatable bonds is 0. The van der Waals surface area contributed by atoms with Crippen LogP contribution >= 0.6 is 0 Å². The molecule has 0 aromatic carbocycles. The molecule has 0 atom stereocenters. The van der Waals surface area contributed by atoms with E-state index in [9.17, 15) is 0 Å². The second-order valence-electron chi connectivity index (χ2n) is 2.93. The second kappa shape index (κ2) is 2.29. The maximum atomic E-state index is 4.30. The maximum Gasteiger partial charge on any atom is 0.137 e. The first-order valence-corrected chi connectivity index (χ1v) is 4.11. The summed E-state index contributed by atoms with van der Waals surface area (Å²) in [6.07, 6.45) is 7.49. The third-order valence-electron chi connectivity index (χ3n) is 2.16. The van der Waals surface area contributed by atoms with Crippen molar-refractivity contribution in [1.29, 1.82) is 0 Å². The van der Waals surface area contributed by atoms with E-state index in [-0.39, 0.29) is 0 Å². The molecule has 3 rings (SSSR count). The smallest absolute Gasteiger partial charge is 0.137 e. The summed E-state index contributed by atoms with van der Waals surface area (Å²) in [5.74, 6) is 0. The summed E-state index contributed by atoms with van der Waals surface area (Å²) in [6, 6.07) is 5.92. The van der Waals surface area contributed by atoms with E-state index in [1.54, 1.807) is 6.20 Å². The Hall–Kier alpha value is -1.90. The minimum Gasteiger partial charge on any atom is -0.300 e. The van der Waals surface area contributed by atoms with Gasteiger partial charge in [-0.3, -0.25) is 9.38 Å². The van der Waals surface area contributed by atoms with Crippen molar-refractivity contribution in [3.63, 3.8) is 0 Å². The first kappa shape index (κ1) is 6.60. The Bertz CT molecular complexity index is 568. The SMILES string of the molecule is c1cc2ncc3ccncc3n2c1. The molecular formula is C10H7N3. The van der Waals surface area contributed by atoms with Crippen molar-refractivity contribution in [3.05, 3.63) is 43.0 Å². The molecule has 0 bridgehead atoms. The van der Waals surface area contributed by atoms with Crippen LogP contribution in [-0.2, 0) is 0 Å². The molecule has 3 aromatic heterocycles. The van der Waals surface area contributed by atoms with Crippen LogP contribution in [0.25, 0.3) is 16.6 Å². The normalized spacial score (nSPS) is 11.1. The highest BCUT2D eigenvalue weighted by Crippen LogP contribution is 2.13. The van der Waals surface area contributed by atoms with E-state index >= 15 is 0 Å². The van der Waals surface area contributed by atoms with Gasteiger partial charge in [-0.25, -0.2) is 4.98 Å².